The normalized spacial score (nSPS) is 10.2. The van der Waals surface area contributed by atoms with Gasteiger partial charge in [-0.15, -0.1) is 0 Å². The topological polar surface area (TPSA) is 95.1 Å². The van der Waals surface area contributed by atoms with Crippen LogP contribution < -0.4 is 5.32 Å². The van der Waals surface area contributed by atoms with Crippen molar-refractivity contribution in [3.8, 4) is 0 Å². The zero-order valence-corrected chi connectivity index (χ0v) is 11.7. The molecule has 0 aliphatic heterocycles. The molecular weight excluding hydrogens is 302 g/mol. The predicted molar refractivity (Wildman–Crippen MR) is 76.4 cm³/mol. The molecule has 0 unspecified atom stereocenters. The lowest BCUT2D eigenvalue weighted by molar-refractivity contribution is -0.113. The monoisotopic (exact) mass is 311 g/mol. The Morgan fingerprint density at radius 2 is 2.05 bits per heavy atom. The number of benzene rings is 1. The molecule has 1 aromatic carbocycles. The van der Waals surface area contributed by atoms with E-state index in [1.807, 2.05) is 0 Å². The minimum absolute atomic E-state index is 0.0781. The molecule has 3 N–H and O–H groups in total. The number of rotatable bonds is 5. The number of carbonyl (C=O) groups is 2. The number of carboxylic acids is 1. The van der Waals surface area contributed by atoms with Crippen LogP contribution in [0.1, 0.15) is 10.5 Å². The molecule has 0 radical (unpaired) electrons. The van der Waals surface area contributed by atoms with Gasteiger partial charge in [-0.2, -0.15) is 0 Å². The van der Waals surface area contributed by atoms with Crippen LogP contribution >= 0.6 is 23.4 Å². The quantitative estimate of drug-likeness (QED) is 0.737. The molecule has 0 saturated heterocycles. The fourth-order valence-corrected chi connectivity index (χ4v) is 2.12. The molecule has 0 aliphatic rings. The first-order chi connectivity index (χ1) is 9.54. The lowest BCUT2D eigenvalue weighted by Gasteiger charge is -2.03. The van der Waals surface area contributed by atoms with Crippen LogP contribution in [0, 0.1) is 0 Å². The third kappa shape index (κ3) is 4.01. The van der Waals surface area contributed by atoms with Gasteiger partial charge in [0, 0.05) is 16.9 Å². The van der Waals surface area contributed by atoms with Gasteiger partial charge in [-0.05, 0) is 24.3 Å². The van der Waals surface area contributed by atoms with Crippen molar-refractivity contribution in [3.05, 3.63) is 41.2 Å². The average molecular weight is 312 g/mol. The Bertz CT molecular complexity index is 627. The lowest BCUT2D eigenvalue weighted by Crippen LogP contribution is -2.14. The minimum Gasteiger partial charge on any atom is -0.476 e. The number of halogens is 1. The lowest BCUT2D eigenvalue weighted by atomic mass is 10.3. The maximum absolute atomic E-state index is 11.7. The number of hydrogen-bond donors (Lipinski definition) is 3. The van der Waals surface area contributed by atoms with Gasteiger partial charge in [0.15, 0.2) is 10.9 Å². The van der Waals surface area contributed by atoms with E-state index >= 15 is 0 Å². The summed E-state index contributed by atoms with van der Waals surface area (Å²) in [5.74, 6) is -1.21. The molecule has 2 aromatic rings. The number of nitrogens with one attached hydrogen (secondary N) is 2. The first-order valence-electron chi connectivity index (χ1n) is 5.51. The van der Waals surface area contributed by atoms with Crippen molar-refractivity contribution in [2.75, 3.05) is 11.1 Å². The van der Waals surface area contributed by atoms with Crippen LogP contribution in [0.5, 0.6) is 0 Å². The number of carboxylic acid groups (broad SMARTS) is 1. The van der Waals surface area contributed by atoms with E-state index in [1.165, 1.54) is 6.20 Å². The minimum atomic E-state index is -1.11. The van der Waals surface area contributed by atoms with Crippen LogP contribution in [0.3, 0.4) is 0 Å². The van der Waals surface area contributed by atoms with Gasteiger partial charge in [-0.3, -0.25) is 4.79 Å². The van der Waals surface area contributed by atoms with Crippen LogP contribution in [0.2, 0.25) is 5.02 Å². The molecule has 20 heavy (non-hydrogen) atoms. The number of H-pyrrole nitrogens is 1. The second-order valence-corrected chi connectivity index (χ2v) is 5.14. The van der Waals surface area contributed by atoms with Gasteiger partial charge in [0.1, 0.15) is 0 Å². The average Bonchev–Trinajstić information content (AvgIpc) is 2.88. The van der Waals surface area contributed by atoms with E-state index < -0.39 is 5.97 Å². The standard InChI is InChI=1S/C12H10ClN3O3S/c13-7-1-3-8(4-2-7)15-10(17)6-20-12-14-5-9(16-12)11(18)19/h1-5H,6H2,(H,14,16)(H,15,17)(H,18,19). The SMILES string of the molecule is O=C(CSc1nc(C(=O)O)c[nH]1)Nc1ccc(Cl)cc1. The van der Waals surface area contributed by atoms with Crippen molar-refractivity contribution < 1.29 is 14.7 Å². The highest BCUT2D eigenvalue weighted by Gasteiger charge is 2.10. The fraction of sp³-hybridized carbons (Fsp3) is 0.0833. The van der Waals surface area contributed by atoms with Gasteiger partial charge in [0.05, 0.1) is 5.75 Å². The summed E-state index contributed by atoms with van der Waals surface area (Å²) in [5.41, 5.74) is 0.566. The Kier molecular flexibility index (Phi) is 4.65. The molecule has 2 rings (SSSR count). The second-order valence-electron chi connectivity index (χ2n) is 3.74. The van der Waals surface area contributed by atoms with E-state index in [-0.39, 0.29) is 17.4 Å². The summed E-state index contributed by atoms with van der Waals surface area (Å²) < 4.78 is 0. The summed E-state index contributed by atoms with van der Waals surface area (Å²) in [4.78, 5) is 28.8. The van der Waals surface area contributed by atoms with Crippen molar-refractivity contribution in [2.24, 2.45) is 0 Å². The summed E-state index contributed by atoms with van der Waals surface area (Å²) in [6.07, 6.45) is 1.28. The maximum atomic E-state index is 11.7. The third-order valence-corrected chi connectivity index (χ3v) is 3.38. The molecule has 6 nitrogen and oxygen atoms in total. The number of imidazole rings is 1. The number of carbonyl (C=O) groups excluding carboxylic acids is 1. The highest BCUT2D eigenvalue weighted by atomic mass is 35.5. The Hall–Kier alpha value is -1.99. The molecule has 0 atom stereocenters. The van der Waals surface area contributed by atoms with Crippen LogP contribution in [0.25, 0.3) is 0 Å². The molecule has 1 amide bonds. The summed E-state index contributed by atoms with van der Waals surface area (Å²) >= 11 is 6.86. The number of nitrogens with zero attached hydrogens (tertiary/aromatic N) is 1. The van der Waals surface area contributed by atoms with Crippen molar-refractivity contribution in [1.82, 2.24) is 9.97 Å². The van der Waals surface area contributed by atoms with Crippen molar-refractivity contribution >= 4 is 40.9 Å². The third-order valence-electron chi connectivity index (χ3n) is 2.24. The van der Waals surface area contributed by atoms with Gasteiger partial charge >= 0.3 is 5.97 Å². The first kappa shape index (κ1) is 14.4. The number of hydrogen-bond acceptors (Lipinski definition) is 4. The molecule has 104 valence electrons. The number of aromatic nitrogens is 2. The second kappa shape index (κ2) is 6.44. The van der Waals surface area contributed by atoms with Crippen LogP contribution in [0.15, 0.2) is 35.6 Å². The first-order valence-corrected chi connectivity index (χ1v) is 6.88. The van der Waals surface area contributed by atoms with E-state index in [4.69, 9.17) is 16.7 Å². The molecule has 0 saturated carbocycles. The van der Waals surface area contributed by atoms with Gasteiger partial charge in [-0.1, -0.05) is 23.4 Å². The molecule has 0 bridgehead atoms. The van der Waals surface area contributed by atoms with Gasteiger partial charge in [-0.25, -0.2) is 9.78 Å². The van der Waals surface area contributed by atoms with E-state index in [0.29, 0.717) is 15.9 Å². The highest BCUT2D eigenvalue weighted by molar-refractivity contribution is 7.99. The summed E-state index contributed by atoms with van der Waals surface area (Å²) in [7, 11) is 0. The van der Waals surface area contributed by atoms with Crippen LogP contribution in [-0.2, 0) is 4.79 Å². The number of anilines is 1. The molecule has 8 heteroatoms. The molecule has 1 aromatic heterocycles. The number of aromatic carboxylic acids is 1. The van der Waals surface area contributed by atoms with E-state index in [9.17, 15) is 9.59 Å². The van der Waals surface area contributed by atoms with Crippen molar-refractivity contribution in [3.63, 3.8) is 0 Å². The molecule has 0 fully saturated rings. The summed E-state index contributed by atoms with van der Waals surface area (Å²) in [6, 6.07) is 6.74. The zero-order valence-electron chi connectivity index (χ0n) is 10.1. The smallest absolute Gasteiger partial charge is 0.356 e. The molecule has 1 heterocycles. The zero-order chi connectivity index (χ0) is 14.5. The molecule has 0 spiro atoms. The largest absolute Gasteiger partial charge is 0.476 e. The Labute approximate surface area is 123 Å². The number of amides is 1. The fourth-order valence-electron chi connectivity index (χ4n) is 1.35. The Morgan fingerprint density at radius 1 is 1.35 bits per heavy atom. The van der Waals surface area contributed by atoms with Crippen LogP contribution in [0.4, 0.5) is 5.69 Å². The molecule has 0 aliphatic carbocycles. The van der Waals surface area contributed by atoms with Crippen molar-refractivity contribution in [1.29, 1.82) is 0 Å². The van der Waals surface area contributed by atoms with E-state index in [2.05, 4.69) is 15.3 Å². The number of aromatic amines is 1. The van der Waals surface area contributed by atoms with E-state index in [1.54, 1.807) is 24.3 Å². The van der Waals surface area contributed by atoms with Crippen molar-refractivity contribution in [2.45, 2.75) is 5.16 Å². The summed E-state index contributed by atoms with van der Waals surface area (Å²) in [5, 5.41) is 12.4. The summed E-state index contributed by atoms with van der Waals surface area (Å²) in [6.45, 7) is 0. The van der Waals surface area contributed by atoms with E-state index in [0.717, 1.165) is 11.8 Å². The van der Waals surface area contributed by atoms with Crippen LogP contribution in [-0.4, -0.2) is 32.7 Å². The van der Waals surface area contributed by atoms with Gasteiger partial charge in [0.2, 0.25) is 5.91 Å². The maximum Gasteiger partial charge on any atom is 0.356 e. The predicted octanol–water partition coefficient (Wildman–Crippen LogP) is 2.49. The molecular formula is C12H10ClN3O3S. The Balaban J connectivity index is 1.85. The Morgan fingerprint density at radius 3 is 2.65 bits per heavy atom. The number of thioether (sulfide) groups is 1. The van der Waals surface area contributed by atoms with Gasteiger partial charge < -0.3 is 15.4 Å². The van der Waals surface area contributed by atoms with Gasteiger partial charge in [0.25, 0.3) is 0 Å². The highest BCUT2D eigenvalue weighted by Crippen LogP contribution is 2.16.